The smallest absolute Gasteiger partial charge is 0.387 e. The van der Waals surface area contributed by atoms with E-state index in [2.05, 4.69) is 0 Å². The summed E-state index contributed by atoms with van der Waals surface area (Å²) in [5.41, 5.74) is -1.08. The lowest BCUT2D eigenvalue weighted by molar-refractivity contribution is -0.140. The standard InChI is InChI=1S/C13H14F4OS/c14-10-7-8(4-5-9(10)13(15,16)17)12(18)11-3-1-2-6-19-11/h4-5,7,11-12,18H,1-3,6H2. The van der Waals surface area contributed by atoms with Crippen molar-refractivity contribution in [3.8, 4) is 0 Å². The SMILES string of the molecule is OC(c1ccc(C(F)(F)F)c(F)c1)C1CCCCS1. The van der Waals surface area contributed by atoms with Gasteiger partial charge in [-0.25, -0.2) is 4.39 Å². The first-order valence-corrected chi connectivity index (χ1v) is 7.11. The van der Waals surface area contributed by atoms with Crippen molar-refractivity contribution in [2.24, 2.45) is 0 Å². The lowest BCUT2D eigenvalue weighted by atomic mass is 10.0. The third kappa shape index (κ3) is 3.42. The molecule has 106 valence electrons. The highest BCUT2D eigenvalue weighted by atomic mass is 32.2. The summed E-state index contributed by atoms with van der Waals surface area (Å²) in [5.74, 6) is -0.407. The van der Waals surface area contributed by atoms with Crippen LogP contribution in [-0.4, -0.2) is 16.1 Å². The van der Waals surface area contributed by atoms with Gasteiger partial charge in [0, 0.05) is 5.25 Å². The molecule has 0 amide bonds. The molecule has 1 aliphatic rings. The molecule has 1 aliphatic heterocycles. The van der Waals surface area contributed by atoms with Gasteiger partial charge in [-0.3, -0.25) is 0 Å². The Bertz CT molecular complexity index is 441. The van der Waals surface area contributed by atoms with Gasteiger partial charge in [0.15, 0.2) is 0 Å². The Morgan fingerprint density at radius 3 is 2.53 bits per heavy atom. The molecule has 1 heterocycles. The summed E-state index contributed by atoms with van der Waals surface area (Å²) in [6, 6.07) is 2.65. The third-order valence-corrected chi connectivity index (χ3v) is 4.65. The maximum atomic E-state index is 13.4. The van der Waals surface area contributed by atoms with Crippen LogP contribution in [0.2, 0.25) is 0 Å². The van der Waals surface area contributed by atoms with Gasteiger partial charge in [0.2, 0.25) is 0 Å². The monoisotopic (exact) mass is 294 g/mol. The van der Waals surface area contributed by atoms with Crippen molar-refractivity contribution in [3.63, 3.8) is 0 Å². The van der Waals surface area contributed by atoms with Crippen LogP contribution in [0, 0.1) is 5.82 Å². The summed E-state index contributed by atoms with van der Waals surface area (Å²) < 4.78 is 50.7. The number of hydrogen-bond acceptors (Lipinski definition) is 2. The zero-order chi connectivity index (χ0) is 14.0. The number of rotatable bonds is 2. The van der Waals surface area contributed by atoms with Crippen molar-refractivity contribution in [1.29, 1.82) is 0 Å². The fourth-order valence-corrected chi connectivity index (χ4v) is 3.52. The van der Waals surface area contributed by atoms with Crippen LogP contribution in [0.5, 0.6) is 0 Å². The van der Waals surface area contributed by atoms with E-state index in [1.165, 1.54) is 0 Å². The molecule has 19 heavy (non-hydrogen) atoms. The fraction of sp³-hybridized carbons (Fsp3) is 0.538. The molecule has 0 bridgehead atoms. The number of alkyl halides is 3. The predicted octanol–water partition coefficient (Wildman–Crippen LogP) is 4.16. The van der Waals surface area contributed by atoms with E-state index in [1.54, 1.807) is 11.8 Å². The number of aliphatic hydroxyl groups excluding tert-OH is 1. The van der Waals surface area contributed by atoms with Crippen molar-refractivity contribution in [3.05, 3.63) is 35.1 Å². The molecule has 0 aromatic heterocycles. The maximum absolute atomic E-state index is 13.4. The molecule has 2 unspecified atom stereocenters. The van der Waals surface area contributed by atoms with Crippen LogP contribution in [0.3, 0.4) is 0 Å². The van der Waals surface area contributed by atoms with E-state index in [1.807, 2.05) is 0 Å². The van der Waals surface area contributed by atoms with E-state index in [-0.39, 0.29) is 10.8 Å². The highest BCUT2D eigenvalue weighted by Gasteiger charge is 2.34. The normalized spacial score (nSPS) is 22.3. The first-order chi connectivity index (χ1) is 8.89. The molecule has 2 atom stereocenters. The minimum atomic E-state index is -4.70. The molecule has 0 aliphatic carbocycles. The molecule has 1 nitrogen and oxygen atoms in total. The average molecular weight is 294 g/mol. The summed E-state index contributed by atoms with van der Waals surface area (Å²) in [7, 11) is 0. The van der Waals surface area contributed by atoms with E-state index in [0.29, 0.717) is 6.07 Å². The van der Waals surface area contributed by atoms with Crippen molar-refractivity contribution >= 4 is 11.8 Å². The topological polar surface area (TPSA) is 20.2 Å². The van der Waals surface area contributed by atoms with Gasteiger partial charge in [-0.1, -0.05) is 12.5 Å². The van der Waals surface area contributed by atoms with Gasteiger partial charge in [0.1, 0.15) is 5.82 Å². The molecule has 1 N–H and O–H groups in total. The largest absolute Gasteiger partial charge is 0.419 e. The molecule has 1 fully saturated rings. The Balaban J connectivity index is 2.19. The highest BCUT2D eigenvalue weighted by Crippen LogP contribution is 2.37. The van der Waals surface area contributed by atoms with Gasteiger partial charge in [-0.15, -0.1) is 0 Å². The van der Waals surface area contributed by atoms with Crippen molar-refractivity contribution in [2.75, 3.05) is 5.75 Å². The van der Waals surface area contributed by atoms with Crippen LogP contribution < -0.4 is 0 Å². The van der Waals surface area contributed by atoms with E-state index < -0.39 is 23.7 Å². The average Bonchev–Trinajstić information content (AvgIpc) is 2.37. The number of aliphatic hydroxyl groups is 1. The van der Waals surface area contributed by atoms with E-state index >= 15 is 0 Å². The van der Waals surface area contributed by atoms with E-state index in [0.717, 1.165) is 37.1 Å². The van der Waals surface area contributed by atoms with Gasteiger partial charge < -0.3 is 5.11 Å². The van der Waals surface area contributed by atoms with Crippen LogP contribution >= 0.6 is 11.8 Å². The predicted molar refractivity (Wildman–Crippen MR) is 66.5 cm³/mol. The minimum absolute atomic E-state index is 0.0649. The van der Waals surface area contributed by atoms with Gasteiger partial charge in [-0.05, 0) is 36.3 Å². The molecule has 1 aromatic rings. The third-order valence-electron chi connectivity index (χ3n) is 3.21. The van der Waals surface area contributed by atoms with Crippen molar-refractivity contribution in [1.82, 2.24) is 0 Å². The number of benzene rings is 1. The van der Waals surface area contributed by atoms with Crippen LogP contribution in [0.1, 0.15) is 36.5 Å². The van der Waals surface area contributed by atoms with Crippen LogP contribution in [0.4, 0.5) is 17.6 Å². The first kappa shape index (κ1) is 14.7. The van der Waals surface area contributed by atoms with Crippen LogP contribution in [0.25, 0.3) is 0 Å². The van der Waals surface area contributed by atoms with Gasteiger partial charge in [0.05, 0.1) is 11.7 Å². The van der Waals surface area contributed by atoms with Gasteiger partial charge in [0.25, 0.3) is 0 Å². The molecule has 1 aromatic carbocycles. The summed E-state index contributed by atoms with van der Waals surface area (Å²) in [5, 5.41) is 10.0. The second kappa shape index (κ2) is 5.71. The second-order valence-electron chi connectivity index (χ2n) is 4.59. The summed E-state index contributed by atoms with van der Waals surface area (Å²) in [6.07, 6.45) is -2.75. The Morgan fingerprint density at radius 2 is 2.00 bits per heavy atom. The lowest BCUT2D eigenvalue weighted by Gasteiger charge is -2.26. The molecule has 6 heteroatoms. The minimum Gasteiger partial charge on any atom is -0.387 e. The summed E-state index contributed by atoms with van der Waals surface area (Å²) in [6.45, 7) is 0. The van der Waals surface area contributed by atoms with Crippen molar-refractivity contribution < 1.29 is 22.7 Å². The molecular weight excluding hydrogens is 280 g/mol. The summed E-state index contributed by atoms with van der Waals surface area (Å²) in [4.78, 5) is 0. The van der Waals surface area contributed by atoms with Gasteiger partial charge in [-0.2, -0.15) is 24.9 Å². The van der Waals surface area contributed by atoms with Crippen molar-refractivity contribution in [2.45, 2.75) is 36.8 Å². The Morgan fingerprint density at radius 1 is 1.26 bits per heavy atom. The number of halogens is 4. The number of hydrogen-bond donors (Lipinski definition) is 1. The maximum Gasteiger partial charge on any atom is 0.419 e. The number of thioether (sulfide) groups is 1. The van der Waals surface area contributed by atoms with Gasteiger partial charge >= 0.3 is 6.18 Å². The summed E-state index contributed by atoms with van der Waals surface area (Å²) >= 11 is 1.59. The quantitative estimate of drug-likeness (QED) is 0.826. The Kier molecular flexibility index (Phi) is 4.40. The fourth-order valence-electron chi connectivity index (χ4n) is 2.17. The van der Waals surface area contributed by atoms with E-state index in [4.69, 9.17) is 0 Å². The lowest BCUT2D eigenvalue weighted by Crippen LogP contribution is -2.19. The Hall–Kier alpha value is -0.750. The molecule has 1 saturated heterocycles. The Labute approximate surface area is 113 Å². The second-order valence-corrected chi connectivity index (χ2v) is 5.93. The van der Waals surface area contributed by atoms with E-state index in [9.17, 15) is 22.7 Å². The van der Waals surface area contributed by atoms with Crippen LogP contribution in [0.15, 0.2) is 18.2 Å². The zero-order valence-corrected chi connectivity index (χ0v) is 10.9. The molecule has 2 rings (SSSR count). The first-order valence-electron chi connectivity index (χ1n) is 6.06. The highest BCUT2D eigenvalue weighted by molar-refractivity contribution is 7.99. The molecule has 0 saturated carbocycles. The molecule has 0 spiro atoms. The van der Waals surface area contributed by atoms with Crippen LogP contribution in [-0.2, 0) is 6.18 Å². The zero-order valence-electron chi connectivity index (χ0n) is 10.1. The molecular formula is C13H14F4OS. The molecule has 0 radical (unpaired) electrons.